The summed E-state index contributed by atoms with van der Waals surface area (Å²) in [5.41, 5.74) is 1.20. The molecule has 0 aliphatic carbocycles. The second-order valence-corrected chi connectivity index (χ2v) is 5.84. The van der Waals surface area contributed by atoms with Crippen LogP contribution in [0.3, 0.4) is 0 Å². The maximum Gasteiger partial charge on any atom is 0.222 e. The van der Waals surface area contributed by atoms with Crippen molar-refractivity contribution in [1.29, 1.82) is 0 Å². The zero-order chi connectivity index (χ0) is 15.2. The molecule has 0 unspecified atom stereocenters. The van der Waals surface area contributed by atoms with Crippen molar-refractivity contribution in [3.63, 3.8) is 0 Å². The number of piperidine rings is 1. The Morgan fingerprint density at radius 1 is 1.43 bits per heavy atom. The number of methoxy groups -OCH3 is 1. The van der Waals surface area contributed by atoms with Crippen molar-refractivity contribution in [2.24, 2.45) is 5.92 Å². The molecule has 1 aromatic rings. The summed E-state index contributed by atoms with van der Waals surface area (Å²) in [6.45, 7) is 7.40. The molecule has 21 heavy (non-hydrogen) atoms. The summed E-state index contributed by atoms with van der Waals surface area (Å²) in [6, 6.07) is 0. The van der Waals surface area contributed by atoms with E-state index in [4.69, 9.17) is 4.74 Å². The summed E-state index contributed by atoms with van der Waals surface area (Å²) in [5, 5.41) is 0. The van der Waals surface area contributed by atoms with Gasteiger partial charge in [0.05, 0.1) is 6.61 Å². The predicted octanol–water partition coefficient (Wildman–Crippen LogP) is 2.03. The van der Waals surface area contributed by atoms with Gasteiger partial charge in [-0.1, -0.05) is 6.92 Å². The number of rotatable bonds is 6. The molecule has 0 radical (unpaired) electrons. The van der Waals surface area contributed by atoms with Crippen LogP contribution in [0.25, 0.3) is 0 Å². The summed E-state index contributed by atoms with van der Waals surface area (Å²) in [5.74, 6) is 2.07. The van der Waals surface area contributed by atoms with Crippen LogP contribution in [0.4, 0.5) is 0 Å². The van der Waals surface area contributed by atoms with Gasteiger partial charge in [-0.2, -0.15) is 0 Å². The molecule has 1 aliphatic heterocycles. The van der Waals surface area contributed by atoms with E-state index in [1.807, 2.05) is 18.0 Å². The van der Waals surface area contributed by atoms with E-state index in [1.54, 1.807) is 7.11 Å². The van der Waals surface area contributed by atoms with E-state index in [-0.39, 0.29) is 5.91 Å². The standard InChI is InChI=1S/C16H27N3O2/c1-4-16(20)18-7-5-14(6-8-18)11-15-17-12-13(2)19(15)9-10-21-3/h12,14H,4-11H2,1-3H3. The molecule has 2 rings (SSSR count). The van der Waals surface area contributed by atoms with Gasteiger partial charge in [0.25, 0.3) is 0 Å². The van der Waals surface area contributed by atoms with Crippen molar-refractivity contribution in [1.82, 2.24) is 14.5 Å². The Labute approximate surface area is 127 Å². The van der Waals surface area contributed by atoms with Gasteiger partial charge in [0.2, 0.25) is 5.91 Å². The fraction of sp³-hybridized carbons (Fsp3) is 0.750. The second-order valence-electron chi connectivity index (χ2n) is 5.84. The summed E-state index contributed by atoms with van der Waals surface area (Å²) < 4.78 is 7.43. The predicted molar refractivity (Wildman–Crippen MR) is 82.1 cm³/mol. The molecule has 0 atom stereocenters. The number of likely N-dealkylation sites (tertiary alicyclic amines) is 1. The van der Waals surface area contributed by atoms with Crippen molar-refractivity contribution < 1.29 is 9.53 Å². The minimum absolute atomic E-state index is 0.283. The van der Waals surface area contributed by atoms with Gasteiger partial charge in [0, 0.05) is 51.5 Å². The average Bonchev–Trinajstić information content (AvgIpc) is 2.85. The number of hydrogen-bond acceptors (Lipinski definition) is 3. The lowest BCUT2D eigenvalue weighted by Crippen LogP contribution is -2.38. The van der Waals surface area contributed by atoms with Gasteiger partial charge in [-0.05, 0) is 25.7 Å². The van der Waals surface area contributed by atoms with Crippen molar-refractivity contribution >= 4 is 5.91 Å². The highest BCUT2D eigenvalue weighted by Crippen LogP contribution is 2.22. The van der Waals surface area contributed by atoms with Crippen LogP contribution in [0.2, 0.25) is 0 Å². The fourth-order valence-corrected chi connectivity index (χ4v) is 3.03. The lowest BCUT2D eigenvalue weighted by atomic mass is 9.93. The van der Waals surface area contributed by atoms with Gasteiger partial charge in [0.15, 0.2) is 0 Å². The molecule has 1 fully saturated rings. The lowest BCUT2D eigenvalue weighted by Gasteiger charge is -2.31. The van der Waals surface area contributed by atoms with Crippen LogP contribution < -0.4 is 0 Å². The van der Waals surface area contributed by atoms with Gasteiger partial charge < -0.3 is 14.2 Å². The molecule has 1 amide bonds. The van der Waals surface area contributed by atoms with E-state index < -0.39 is 0 Å². The van der Waals surface area contributed by atoms with E-state index in [1.165, 1.54) is 5.69 Å². The smallest absolute Gasteiger partial charge is 0.222 e. The number of hydrogen-bond donors (Lipinski definition) is 0. The van der Waals surface area contributed by atoms with Crippen molar-refractivity contribution in [3.05, 3.63) is 17.7 Å². The van der Waals surface area contributed by atoms with Crippen LogP contribution in [0.5, 0.6) is 0 Å². The van der Waals surface area contributed by atoms with Gasteiger partial charge in [-0.15, -0.1) is 0 Å². The molecule has 5 heteroatoms. The Morgan fingerprint density at radius 2 is 2.14 bits per heavy atom. The molecule has 1 aromatic heterocycles. The van der Waals surface area contributed by atoms with E-state index in [0.717, 1.165) is 44.7 Å². The van der Waals surface area contributed by atoms with E-state index in [0.29, 0.717) is 18.9 Å². The van der Waals surface area contributed by atoms with Gasteiger partial charge in [-0.25, -0.2) is 4.98 Å². The molecular weight excluding hydrogens is 266 g/mol. The number of aromatic nitrogens is 2. The maximum absolute atomic E-state index is 11.7. The van der Waals surface area contributed by atoms with Gasteiger partial charge >= 0.3 is 0 Å². The summed E-state index contributed by atoms with van der Waals surface area (Å²) in [6.07, 6.45) is 5.74. The minimum atomic E-state index is 0.283. The Balaban J connectivity index is 1.90. The number of aryl methyl sites for hydroxylation is 1. The quantitative estimate of drug-likeness (QED) is 0.806. The van der Waals surface area contributed by atoms with Crippen LogP contribution in [-0.2, 0) is 22.5 Å². The molecule has 0 saturated carbocycles. The molecule has 0 aromatic carbocycles. The third-order valence-electron chi connectivity index (χ3n) is 4.40. The number of carbonyl (C=O) groups is 1. The van der Waals surface area contributed by atoms with Crippen LogP contribution in [0.15, 0.2) is 6.20 Å². The number of imidazole rings is 1. The number of ether oxygens (including phenoxy) is 1. The second kappa shape index (κ2) is 7.59. The highest BCUT2D eigenvalue weighted by atomic mass is 16.5. The Morgan fingerprint density at radius 3 is 2.76 bits per heavy atom. The fourth-order valence-electron chi connectivity index (χ4n) is 3.03. The van der Waals surface area contributed by atoms with Crippen molar-refractivity contribution in [2.45, 2.75) is 46.1 Å². The van der Waals surface area contributed by atoms with Gasteiger partial charge in [-0.3, -0.25) is 4.79 Å². The molecule has 1 saturated heterocycles. The van der Waals surface area contributed by atoms with E-state index in [2.05, 4.69) is 16.5 Å². The summed E-state index contributed by atoms with van der Waals surface area (Å²) in [4.78, 5) is 18.3. The third kappa shape index (κ3) is 4.06. The number of carbonyl (C=O) groups excluding carboxylic acids is 1. The molecule has 118 valence electrons. The summed E-state index contributed by atoms with van der Waals surface area (Å²) >= 11 is 0. The van der Waals surface area contributed by atoms with Crippen LogP contribution in [-0.4, -0.2) is 47.2 Å². The number of amides is 1. The van der Waals surface area contributed by atoms with Crippen molar-refractivity contribution in [2.75, 3.05) is 26.8 Å². The first-order valence-corrected chi connectivity index (χ1v) is 7.93. The van der Waals surface area contributed by atoms with Crippen LogP contribution >= 0.6 is 0 Å². The normalized spacial score (nSPS) is 16.4. The first-order chi connectivity index (χ1) is 10.2. The maximum atomic E-state index is 11.7. The average molecular weight is 293 g/mol. The van der Waals surface area contributed by atoms with Gasteiger partial charge in [0.1, 0.15) is 5.82 Å². The number of nitrogens with zero attached hydrogens (tertiary/aromatic N) is 3. The molecule has 2 heterocycles. The first-order valence-electron chi connectivity index (χ1n) is 7.93. The molecule has 0 N–H and O–H groups in total. The van der Waals surface area contributed by atoms with Crippen molar-refractivity contribution in [3.8, 4) is 0 Å². The van der Waals surface area contributed by atoms with E-state index >= 15 is 0 Å². The summed E-state index contributed by atoms with van der Waals surface area (Å²) in [7, 11) is 1.73. The Hall–Kier alpha value is -1.36. The molecule has 1 aliphatic rings. The molecule has 5 nitrogen and oxygen atoms in total. The SMILES string of the molecule is CCC(=O)N1CCC(Cc2ncc(C)n2CCOC)CC1. The highest BCUT2D eigenvalue weighted by Gasteiger charge is 2.23. The Bertz CT molecular complexity index is 462. The lowest BCUT2D eigenvalue weighted by molar-refractivity contribution is -0.132. The topological polar surface area (TPSA) is 47.4 Å². The zero-order valence-electron chi connectivity index (χ0n) is 13.5. The monoisotopic (exact) mass is 293 g/mol. The Kier molecular flexibility index (Phi) is 5.79. The first kappa shape index (κ1) is 16.0. The minimum Gasteiger partial charge on any atom is -0.383 e. The molecule has 0 spiro atoms. The molecular formula is C16H27N3O2. The van der Waals surface area contributed by atoms with Crippen LogP contribution in [0.1, 0.15) is 37.7 Å². The largest absolute Gasteiger partial charge is 0.383 e. The highest BCUT2D eigenvalue weighted by molar-refractivity contribution is 5.75. The third-order valence-corrected chi connectivity index (χ3v) is 4.40. The zero-order valence-corrected chi connectivity index (χ0v) is 13.5. The van der Waals surface area contributed by atoms with Crippen LogP contribution in [0, 0.1) is 12.8 Å². The van der Waals surface area contributed by atoms with E-state index in [9.17, 15) is 4.79 Å². The molecule has 0 bridgehead atoms.